The lowest BCUT2D eigenvalue weighted by molar-refractivity contribution is -0.139. The summed E-state index contributed by atoms with van der Waals surface area (Å²) in [7, 11) is 0. The van der Waals surface area contributed by atoms with Crippen LogP contribution in [0.15, 0.2) is 54.7 Å². The van der Waals surface area contributed by atoms with Crippen LogP contribution < -0.4 is 10.6 Å². The molecule has 0 unspecified atom stereocenters. The van der Waals surface area contributed by atoms with Crippen LogP contribution >= 0.6 is 11.6 Å². The van der Waals surface area contributed by atoms with E-state index in [1.165, 1.54) is 18.3 Å². The second-order valence-corrected chi connectivity index (χ2v) is 6.34. The maximum atomic E-state index is 13.3. The molecule has 152 valence electrons. The summed E-state index contributed by atoms with van der Waals surface area (Å²) in [6, 6.07) is 11.3. The summed E-state index contributed by atoms with van der Waals surface area (Å²) >= 11 is 5.91. The molecular formula is C20H11ClF4N4O. The predicted octanol–water partition coefficient (Wildman–Crippen LogP) is 6.08. The van der Waals surface area contributed by atoms with Gasteiger partial charge in [-0.1, -0.05) is 23.7 Å². The van der Waals surface area contributed by atoms with Crippen molar-refractivity contribution in [2.75, 3.05) is 10.6 Å². The number of hydrogen-bond acceptors (Lipinski definition) is 3. The third-order valence-corrected chi connectivity index (χ3v) is 4.29. The number of anilines is 2. The summed E-state index contributed by atoms with van der Waals surface area (Å²) in [6.07, 6.45) is -3.43. The lowest BCUT2D eigenvalue weighted by Crippen LogP contribution is -2.20. The van der Waals surface area contributed by atoms with Gasteiger partial charge in [0.2, 0.25) is 0 Å². The largest absolute Gasteiger partial charge is 0.419 e. The van der Waals surface area contributed by atoms with Crippen molar-refractivity contribution in [3.8, 4) is 17.2 Å². The number of urea groups is 1. The Morgan fingerprint density at radius 2 is 1.67 bits per heavy atom. The summed E-state index contributed by atoms with van der Waals surface area (Å²) in [5.41, 5.74) is 0.0500. The predicted molar refractivity (Wildman–Crippen MR) is 103 cm³/mol. The topological polar surface area (TPSA) is 77.8 Å². The number of nitrogens with zero attached hydrogens (tertiary/aromatic N) is 2. The molecule has 5 nitrogen and oxygen atoms in total. The molecule has 0 saturated carbocycles. The lowest BCUT2D eigenvalue weighted by atomic mass is 10.0. The van der Waals surface area contributed by atoms with Gasteiger partial charge in [0, 0.05) is 23.1 Å². The minimum absolute atomic E-state index is 0.0640. The van der Waals surface area contributed by atoms with Gasteiger partial charge in [0.1, 0.15) is 17.0 Å². The molecule has 2 aromatic carbocycles. The Balaban J connectivity index is 1.73. The van der Waals surface area contributed by atoms with Crippen molar-refractivity contribution in [2.45, 2.75) is 6.18 Å². The van der Waals surface area contributed by atoms with Gasteiger partial charge in [-0.15, -0.1) is 0 Å². The van der Waals surface area contributed by atoms with E-state index in [1.54, 1.807) is 18.2 Å². The highest BCUT2D eigenvalue weighted by Gasteiger charge is 2.34. The molecule has 0 aliphatic rings. The fraction of sp³-hybridized carbons (Fsp3) is 0.0500. The molecule has 0 atom stereocenters. The number of amides is 2. The molecule has 3 aromatic rings. The Kier molecular flexibility index (Phi) is 5.89. The molecule has 10 heteroatoms. The van der Waals surface area contributed by atoms with Crippen molar-refractivity contribution >= 4 is 29.0 Å². The van der Waals surface area contributed by atoms with Crippen LogP contribution in [0.5, 0.6) is 0 Å². The Labute approximate surface area is 172 Å². The van der Waals surface area contributed by atoms with Gasteiger partial charge in [0.25, 0.3) is 0 Å². The summed E-state index contributed by atoms with van der Waals surface area (Å²) < 4.78 is 51.6. The first-order valence-electron chi connectivity index (χ1n) is 8.29. The fourth-order valence-electron chi connectivity index (χ4n) is 2.63. The molecule has 2 N–H and O–H groups in total. The molecule has 0 aliphatic carbocycles. The SMILES string of the molecule is N#Cc1c(-c2ccc(NC(=O)Nc3ccc(F)c(C(F)(F)F)c3)cc2)ccnc1Cl. The molecule has 2 amide bonds. The van der Waals surface area contributed by atoms with E-state index >= 15 is 0 Å². The number of hydrogen-bond donors (Lipinski definition) is 2. The van der Waals surface area contributed by atoms with E-state index < -0.39 is 23.6 Å². The van der Waals surface area contributed by atoms with Crippen LogP contribution in [0.1, 0.15) is 11.1 Å². The number of halogens is 5. The first-order chi connectivity index (χ1) is 14.2. The first kappa shape index (κ1) is 21.1. The standard InChI is InChI=1S/C20H11ClF4N4O/c21-18-15(10-26)14(7-8-27-18)11-1-3-12(4-2-11)28-19(30)29-13-5-6-17(22)16(9-13)20(23,24)25/h1-9H,(H2,28,29,30). The summed E-state index contributed by atoms with van der Waals surface area (Å²) in [4.78, 5) is 15.9. The van der Waals surface area contributed by atoms with Crippen molar-refractivity contribution in [1.29, 1.82) is 5.26 Å². The van der Waals surface area contributed by atoms with Crippen LogP contribution in [0.4, 0.5) is 33.7 Å². The molecule has 0 bridgehead atoms. The fourth-order valence-corrected chi connectivity index (χ4v) is 2.83. The maximum absolute atomic E-state index is 13.3. The van der Waals surface area contributed by atoms with E-state index in [4.69, 9.17) is 11.6 Å². The third-order valence-electron chi connectivity index (χ3n) is 4.00. The van der Waals surface area contributed by atoms with Gasteiger partial charge in [-0.3, -0.25) is 0 Å². The summed E-state index contributed by atoms with van der Waals surface area (Å²) in [5, 5.41) is 14.0. The number of nitriles is 1. The number of rotatable bonds is 3. The molecule has 0 spiro atoms. The van der Waals surface area contributed by atoms with E-state index in [0.717, 1.165) is 6.07 Å². The van der Waals surface area contributed by atoms with Gasteiger partial charge in [0.15, 0.2) is 0 Å². The zero-order chi connectivity index (χ0) is 21.9. The normalized spacial score (nSPS) is 10.9. The van der Waals surface area contributed by atoms with Crippen LogP contribution in [0.3, 0.4) is 0 Å². The van der Waals surface area contributed by atoms with Crippen LogP contribution in [-0.4, -0.2) is 11.0 Å². The molecule has 30 heavy (non-hydrogen) atoms. The third kappa shape index (κ3) is 4.67. The van der Waals surface area contributed by atoms with Crippen molar-refractivity contribution in [3.63, 3.8) is 0 Å². The maximum Gasteiger partial charge on any atom is 0.419 e. The van der Waals surface area contributed by atoms with Gasteiger partial charge in [-0.25, -0.2) is 14.2 Å². The second kappa shape index (κ2) is 8.39. The number of carbonyl (C=O) groups excluding carboxylic acids is 1. The van der Waals surface area contributed by atoms with Crippen LogP contribution in [0.2, 0.25) is 5.15 Å². The molecule has 1 aromatic heterocycles. The number of alkyl halides is 3. The number of pyridine rings is 1. The zero-order valence-corrected chi connectivity index (χ0v) is 15.6. The van der Waals surface area contributed by atoms with Crippen molar-refractivity contribution in [1.82, 2.24) is 4.98 Å². The molecule has 0 fully saturated rings. The quantitative estimate of drug-likeness (QED) is 0.387. The van der Waals surface area contributed by atoms with E-state index in [9.17, 15) is 27.6 Å². The average molecular weight is 435 g/mol. The monoisotopic (exact) mass is 434 g/mol. The Bertz CT molecular complexity index is 1140. The molecule has 0 radical (unpaired) electrons. The molecule has 0 aliphatic heterocycles. The van der Waals surface area contributed by atoms with E-state index in [1.807, 2.05) is 6.07 Å². The van der Waals surface area contributed by atoms with Crippen LogP contribution in [0.25, 0.3) is 11.1 Å². The average Bonchev–Trinajstić information content (AvgIpc) is 2.69. The second-order valence-electron chi connectivity index (χ2n) is 5.98. The highest BCUT2D eigenvalue weighted by Crippen LogP contribution is 2.33. The lowest BCUT2D eigenvalue weighted by Gasteiger charge is -2.12. The minimum Gasteiger partial charge on any atom is -0.308 e. The van der Waals surface area contributed by atoms with E-state index in [0.29, 0.717) is 28.9 Å². The van der Waals surface area contributed by atoms with Crippen LogP contribution in [-0.2, 0) is 6.18 Å². The Hall–Kier alpha value is -3.64. The van der Waals surface area contributed by atoms with E-state index in [2.05, 4.69) is 15.6 Å². The molecule has 1 heterocycles. The van der Waals surface area contributed by atoms with Gasteiger partial charge in [-0.2, -0.15) is 18.4 Å². The molecule has 3 rings (SSSR count). The molecule has 0 saturated heterocycles. The summed E-state index contributed by atoms with van der Waals surface area (Å²) in [6.45, 7) is 0. The highest BCUT2D eigenvalue weighted by molar-refractivity contribution is 6.31. The van der Waals surface area contributed by atoms with Gasteiger partial charge in [0.05, 0.1) is 11.1 Å². The smallest absolute Gasteiger partial charge is 0.308 e. The number of aromatic nitrogens is 1. The number of carbonyl (C=O) groups is 1. The van der Waals surface area contributed by atoms with E-state index in [-0.39, 0.29) is 16.4 Å². The zero-order valence-electron chi connectivity index (χ0n) is 14.9. The Morgan fingerprint density at radius 1 is 1.03 bits per heavy atom. The van der Waals surface area contributed by atoms with Crippen molar-refractivity contribution < 1.29 is 22.4 Å². The van der Waals surface area contributed by atoms with Gasteiger partial charge >= 0.3 is 12.2 Å². The minimum atomic E-state index is -4.88. The number of benzene rings is 2. The van der Waals surface area contributed by atoms with Crippen molar-refractivity contribution in [3.05, 3.63) is 76.8 Å². The summed E-state index contributed by atoms with van der Waals surface area (Å²) in [5.74, 6) is -1.43. The van der Waals surface area contributed by atoms with Crippen LogP contribution in [0, 0.1) is 17.1 Å². The van der Waals surface area contributed by atoms with Crippen molar-refractivity contribution in [2.24, 2.45) is 0 Å². The van der Waals surface area contributed by atoms with Gasteiger partial charge in [-0.05, 0) is 42.0 Å². The molecular weight excluding hydrogens is 424 g/mol. The Morgan fingerprint density at radius 3 is 2.30 bits per heavy atom. The highest BCUT2D eigenvalue weighted by atomic mass is 35.5. The van der Waals surface area contributed by atoms with Gasteiger partial charge < -0.3 is 10.6 Å². The number of nitrogens with one attached hydrogen (secondary N) is 2. The first-order valence-corrected chi connectivity index (χ1v) is 8.66.